The zero-order chi connectivity index (χ0) is 15.7. The molecule has 0 aromatic heterocycles. The largest absolute Gasteiger partial charge is 0.359 e. The highest BCUT2D eigenvalue weighted by Gasteiger charge is 2.63. The number of hydrogen-bond donors (Lipinski definition) is 0. The van der Waals surface area contributed by atoms with Gasteiger partial charge in [-0.15, -0.1) is 0 Å². The molecule has 5 heteroatoms. The van der Waals surface area contributed by atoms with Gasteiger partial charge in [-0.25, -0.2) is 0 Å². The summed E-state index contributed by atoms with van der Waals surface area (Å²) in [5.74, 6) is -0.332. The number of ether oxygens (including phenoxy) is 2. The summed E-state index contributed by atoms with van der Waals surface area (Å²) in [4.78, 5) is 27.3. The molecule has 2 bridgehead atoms. The van der Waals surface area contributed by atoms with Crippen LogP contribution in [-0.4, -0.2) is 41.5 Å². The van der Waals surface area contributed by atoms with Gasteiger partial charge in [-0.3, -0.25) is 9.59 Å². The number of ketones is 2. The highest BCUT2D eigenvalue weighted by atomic mass is 16.7. The van der Waals surface area contributed by atoms with Gasteiger partial charge in [0.25, 0.3) is 0 Å². The molecule has 23 heavy (non-hydrogen) atoms. The second kappa shape index (κ2) is 4.52. The van der Waals surface area contributed by atoms with E-state index in [1.165, 1.54) is 0 Å². The van der Waals surface area contributed by atoms with Crippen molar-refractivity contribution in [1.82, 2.24) is 4.90 Å². The Bertz CT molecular complexity index is 742. The Morgan fingerprint density at radius 3 is 2.96 bits per heavy atom. The molecule has 4 aliphatic heterocycles. The maximum absolute atomic E-state index is 12.9. The summed E-state index contributed by atoms with van der Waals surface area (Å²) < 4.78 is 11.2. The molecule has 4 heterocycles. The smallest absolute Gasteiger partial charge is 0.218 e. The van der Waals surface area contributed by atoms with E-state index in [9.17, 15) is 9.59 Å². The van der Waals surface area contributed by atoms with Crippen LogP contribution in [0.3, 0.4) is 0 Å². The van der Waals surface area contributed by atoms with Crippen LogP contribution in [0.5, 0.6) is 0 Å². The van der Waals surface area contributed by atoms with E-state index in [0.29, 0.717) is 6.61 Å². The number of carbonyl (C=O) groups is 2. The normalized spacial score (nSPS) is 39.9. The minimum atomic E-state index is -0.758. The van der Waals surface area contributed by atoms with Crippen LogP contribution < -0.4 is 0 Å². The van der Waals surface area contributed by atoms with Crippen molar-refractivity contribution in [1.29, 1.82) is 0 Å². The monoisotopic (exact) mass is 311 g/mol. The molecule has 0 radical (unpaired) electrons. The molecule has 3 fully saturated rings. The lowest BCUT2D eigenvalue weighted by Gasteiger charge is -2.34. The van der Waals surface area contributed by atoms with Crippen molar-refractivity contribution in [2.75, 3.05) is 6.61 Å². The lowest BCUT2D eigenvalue weighted by atomic mass is 9.76. The van der Waals surface area contributed by atoms with E-state index in [2.05, 4.69) is 11.0 Å². The summed E-state index contributed by atoms with van der Waals surface area (Å²) in [5, 5.41) is 0. The first-order valence-corrected chi connectivity index (χ1v) is 8.02. The standard InChI is InChI=1S/C18H17NO4/c1-9(20)15-13-12-8-22-18(23-12)17(21)14(13)16-11-5-3-2-4-10(11)6-7-19(15)16/h2-7,12-16,18H,8H2,1H3/t12-,13+,14-,15+,16+,18-/m1/s1. The van der Waals surface area contributed by atoms with E-state index >= 15 is 0 Å². The Morgan fingerprint density at radius 1 is 1.30 bits per heavy atom. The fraction of sp³-hybridized carbons (Fsp3) is 0.444. The molecule has 0 N–H and O–H groups in total. The second-order valence-corrected chi connectivity index (χ2v) is 6.74. The third-order valence-corrected chi connectivity index (χ3v) is 5.62. The number of hydrogen-bond acceptors (Lipinski definition) is 5. The molecular formula is C18H17NO4. The number of Topliss-reactive ketones (excluding diaryl/α,β-unsaturated/α-hetero) is 2. The first kappa shape index (κ1) is 13.5. The van der Waals surface area contributed by atoms with Gasteiger partial charge in [0.2, 0.25) is 6.29 Å². The summed E-state index contributed by atoms with van der Waals surface area (Å²) in [6.45, 7) is 2.00. The summed E-state index contributed by atoms with van der Waals surface area (Å²) in [7, 11) is 0. The Morgan fingerprint density at radius 2 is 2.13 bits per heavy atom. The van der Waals surface area contributed by atoms with Gasteiger partial charge in [-0.05, 0) is 24.1 Å². The predicted octanol–water partition coefficient (Wildman–Crippen LogP) is 1.54. The molecule has 0 saturated carbocycles. The van der Waals surface area contributed by atoms with Gasteiger partial charge >= 0.3 is 0 Å². The summed E-state index contributed by atoms with van der Waals surface area (Å²) in [6.07, 6.45) is 3.06. The quantitative estimate of drug-likeness (QED) is 0.787. The molecule has 1 aromatic carbocycles. The SMILES string of the molecule is CC(=O)[C@H]1[C@@H]2[C@@H](C(=O)[C@@H]3OC[C@H]2O3)[C@@H]2c3ccccc3C=CN12. The van der Waals surface area contributed by atoms with E-state index in [-0.39, 0.29) is 41.6 Å². The van der Waals surface area contributed by atoms with E-state index in [1.807, 2.05) is 30.5 Å². The van der Waals surface area contributed by atoms with E-state index in [1.54, 1.807) is 6.92 Å². The van der Waals surface area contributed by atoms with Crippen molar-refractivity contribution in [3.05, 3.63) is 41.6 Å². The van der Waals surface area contributed by atoms with E-state index in [4.69, 9.17) is 9.47 Å². The molecule has 0 aliphatic carbocycles. The van der Waals surface area contributed by atoms with Gasteiger partial charge in [0.1, 0.15) is 0 Å². The summed E-state index contributed by atoms with van der Waals surface area (Å²) >= 11 is 0. The summed E-state index contributed by atoms with van der Waals surface area (Å²) in [5.41, 5.74) is 2.23. The van der Waals surface area contributed by atoms with Crippen molar-refractivity contribution in [2.24, 2.45) is 11.8 Å². The van der Waals surface area contributed by atoms with Crippen LogP contribution in [0.15, 0.2) is 30.5 Å². The lowest BCUT2D eigenvalue weighted by molar-refractivity contribution is -0.165. The van der Waals surface area contributed by atoms with Crippen molar-refractivity contribution in [2.45, 2.75) is 31.4 Å². The van der Waals surface area contributed by atoms with E-state index < -0.39 is 6.29 Å². The highest BCUT2D eigenvalue weighted by Crippen LogP contribution is 2.54. The Labute approximate surface area is 133 Å². The first-order chi connectivity index (χ1) is 11.2. The highest BCUT2D eigenvalue weighted by molar-refractivity contribution is 5.91. The Balaban J connectivity index is 1.70. The van der Waals surface area contributed by atoms with Crippen molar-refractivity contribution >= 4 is 17.6 Å². The number of benzene rings is 1. The minimum absolute atomic E-state index is 0.0207. The van der Waals surface area contributed by atoms with Gasteiger partial charge < -0.3 is 14.4 Å². The van der Waals surface area contributed by atoms with Crippen LogP contribution in [-0.2, 0) is 19.1 Å². The first-order valence-electron chi connectivity index (χ1n) is 8.02. The maximum atomic E-state index is 12.9. The fourth-order valence-corrected chi connectivity index (χ4v) is 4.79. The van der Waals surface area contributed by atoms with Gasteiger partial charge in [-0.1, -0.05) is 24.3 Å². The molecule has 0 unspecified atom stereocenters. The zero-order valence-corrected chi connectivity index (χ0v) is 12.7. The lowest BCUT2D eigenvalue weighted by Crippen LogP contribution is -2.47. The molecule has 3 saturated heterocycles. The average molecular weight is 311 g/mol. The molecule has 1 aromatic rings. The molecule has 0 amide bonds. The van der Waals surface area contributed by atoms with Crippen LogP contribution in [0, 0.1) is 11.8 Å². The van der Waals surface area contributed by atoms with Gasteiger partial charge in [0, 0.05) is 12.1 Å². The number of fused-ring (bicyclic) bond motifs is 8. The maximum Gasteiger partial charge on any atom is 0.218 e. The van der Waals surface area contributed by atoms with Crippen LogP contribution in [0.1, 0.15) is 24.1 Å². The predicted molar refractivity (Wildman–Crippen MR) is 81.1 cm³/mol. The molecule has 5 rings (SSSR count). The van der Waals surface area contributed by atoms with Crippen LogP contribution in [0.2, 0.25) is 0 Å². The number of carbonyl (C=O) groups excluding carboxylic acids is 2. The third kappa shape index (κ3) is 1.64. The second-order valence-electron chi connectivity index (χ2n) is 6.74. The van der Waals surface area contributed by atoms with Gasteiger partial charge in [0.15, 0.2) is 11.6 Å². The van der Waals surface area contributed by atoms with E-state index in [0.717, 1.165) is 11.1 Å². The molecule has 118 valence electrons. The summed E-state index contributed by atoms with van der Waals surface area (Å²) in [6, 6.07) is 7.66. The molecule has 0 spiro atoms. The van der Waals surface area contributed by atoms with Crippen LogP contribution in [0.25, 0.3) is 6.08 Å². The van der Waals surface area contributed by atoms with Crippen molar-refractivity contribution in [3.8, 4) is 0 Å². The Hall–Kier alpha value is -1.98. The molecule has 6 atom stereocenters. The number of rotatable bonds is 1. The van der Waals surface area contributed by atoms with Gasteiger partial charge in [-0.2, -0.15) is 0 Å². The van der Waals surface area contributed by atoms with Crippen LogP contribution >= 0.6 is 0 Å². The minimum Gasteiger partial charge on any atom is -0.359 e. The van der Waals surface area contributed by atoms with Gasteiger partial charge in [0.05, 0.1) is 30.7 Å². The average Bonchev–Trinajstić information content (AvgIpc) is 3.13. The topological polar surface area (TPSA) is 55.8 Å². The zero-order valence-electron chi connectivity index (χ0n) is 12.7. The third-order valence-electron chi connectivity index (χ3n) is 5.62. The molecular weight excluding hydrogens is 294 g/mol. The number of nitrogens with zero attached hydrogens (tertiary/aromatic N) is 1. The van der Waals surface area contributed by atoms with Crippen LogP contribution in [0.4, 0.5) is 0 Å². The van der Waals surface area contributed by atoms with Crippen molar-refractivity contribution < 1.29 is 19.1 Å². The fourth-order valence-electron chi connectivity index (χ4n) is 4.79. The molecule has 5 nitrogen and oxygen atoms in total. The molecule has 4 aliphatic rings. The Kier molecular flexibility index (Phi) is 2.65. The van der Waals surface area contributed by atoms with Crippen molar-refractivity contribution in [3.63, 3.8) is 0 Å².